The van der Waals surface area contributed by atoms with Gasteiger partial charge in [-0.05, 0) is 30.7 Å². The highest BCUT2D eigenvalue weighted by molar-refractivity contribution is 5.79. The molecule has 0 aliphatic rings. The number of hydrogen-bond acceptors (Lipinski definition) is 4. The van der Waals surface area contributed by atoms with Crippen LogP contribution in [-0.4, -0.2) is 15.1 Å². The molecular weight excluding hydrogens is 264 g/mol. The lowest BCUT2D eigenvalue weighted by Gasteiger charge is -2.09. The zero-order valence-electron chi connectivity index (χ0n) is 11.7. The van der Waals surface area contributed by atoms with Crippen LogP contribution in [-0.2, 0) is 0 Å². The van der Waals surface area contributed by atoms with E-state index in [0.717, 1.165) is 10.9 Å². The van der Waals surface area contributed by atoms with E-state index in [0.29, 0.717) is 23.6 Å². The molecule has 0 fully saturated rings. The first-order valence-corrected chi connectivity index (χ1v) is 6.93. The van der Waals surface area contributed by atoms with Crippen molar-refractivity contribution in [3.05, 3.63) is 60.6 Å². The fourth-order valence-electron chi connectivity index (χ4n) is 2.10. The lowest BCUT2D eigenvalue weighted by molar-refractivity contribution is 0.169. The van der Waals surface area contributed by atoms with Crippen molar-refractivity contribution in [1.29, 1.82) is 0 Å². The standard InChI is InChI=1S/C17H16N2O2/c1-2-17(20)16-8-7-13(10-19-16)21-14-9-12-5-3-4-6-15(12)18-11-14/h3-11,17,20H,2H2,1H3/t17-/m1/s1. The molecule has 0 aliphatic heterocycles. The van der Waals surface area contributed by atoms with Crippen LogP contribution in [0.15, 0.2) is 54.9 Å². The molecule has 0 saturated heterocycles. The van der Waals surface area contributed by atoms with Crippen molar-refractivity contribution >= 4 is 10.9 Å². The zero-order chi connectivity index (χ0) is 14.7. The Morgan fingerprint density at radius 1 is 1.05 bits per heavy atom. The number of nitrogens with zero attached hydrogens (tertiary/aromatic N) is 2. The number of aromatic nitrogens is 2. The molecule has 1 atom stereocenters. The second-order valence-electron chi connectivity index (χ2n) is 4.81. The molecule has 1 aromatic carbocycles. The molecule has 4 heteroatoms. The molecule has 106 valence electrons. The predicted octanol–water partition coefficient (Wildman–Crippen LogP) is 3.87. The van der Waals surface area contributed by atoms with Crippen LogP contribution in [0.2, 0.25) is 0 Å². The Morgan fingerprint density at radius 3 is 2.62 bits per heavy atom. The summed E-state index contributed by atoms with van der Waals surface area (Å²) in [6.07, 6.45) is 3.42. The van der Waals surface area contributed by atoms with Crippen molar-refractivity contribution in [2.45, 2.75) is 19.4 Å². The average molecular weight is 280 g/mol. The number of ether oxygens (including phenoxy) is 1. The average Bonchev–Trinajstić information content (AvgIpc) is 2.55. The first-order chi connectivity index (χ1) is 10.3. The highest BCUT2D eigenvalue weighted by Gasteiger charge is 2.07. The van der Waals surface area contributed by atoms with Gasteiger partial charge in [0.1, 0.15) is 11.5 Å². The molecule has 4 nitrogen and oxygen atoms in total. The van der Waals surface area contributed by atoms with Gasteiger partial charge in [0.25, 0.3) is 0 Å². The topological polar surface area (TPSA) is 55.2 Å². The first-order valence-electron chi connectivity index (χ1n) is 6.93. The molecule has 0 radical (unpaired) electrons. The van der Waals surface area contributed by atoms with Gasteiger partial charge in [-0.25, -0.2) is 0 Å². The Bertz CT molecular complexity index is 741. The van der Waals surface area contributed by atoms with Crippen molar-refractivity contribution in [2.24, 2.45) is 0 Å². The van der Waals surface area contributed by atoms with Crippen LogP contribution in [0.3, 0.4) is 0 Å². The molecule has 0 saturated carbocycles. The first kappa shape index (κ1) is 13.5. The van der Waals surface area contributed by atoms with Crippen molar-refractivity contribution in [3.8, 4) is 11.5 Å². The van der Waals surface area contributed by atoms with Gasteiger partial charge < -0.3 is 9.84 Å². The van der Waals surface area contributed by atoms with Gasteiger partial charge in [0, 0.05) is 5.39 Å². The molecule has 2 heterocycles. The van der Waals surface area contributed by atoms with E-state index in [2.05, 4.69) is 9.97 Å². The van der Waals surface area contributed by atoms with E-state index in [1.165, 1.54) is 0 Å². The highest BCUT2D eigenvalue weighted by Crippen LogP contribution is 2.24. The highest BCUT2D eigenvalue weighted by atomic mass is 16.5. The van der Waals surface area contributed by atoms with E-state index >= 15 is 0 Å². The summed E-state index contributed by atoms with van der Waals surface area (Å²) >= 11 is 0. The minimum absolute atomic E-state index is 0.526. The Kier molecular flexibility index (Phi) is 3.79. The van der Waals surface area contributed by atoms with E-state index in [1.807, 2.05) is 37.3 Å². The number of para-hydroxylation sites is 1. The second kappa shape index (κ2) is 5.89. The number of rotatable bonds is 4. The molecule has 0 amide bonds. The lowest BCUT2D eigenvalue weighted by atomic mass is 10.2. The largest absolute Gasteiger partial charge is 0.454 e. The van der Waals surface area contributed by atoms with Gasteiger partial charge in [0.2, 0.25) is 0 Å². The third-order valence-electron chi connectivity index (χ3n) is 3.29. The maximum absolute atomic E-state index is 9.71. The van der Waals surface area contributed by atoms with Crippen molar-refractivity contribution in [1.82, 2.24) is 9.97 Å². The number of aliphatic hydroxyl groups excluding tert-OH is 1. The normalized spacial score (nSPS) is 12.3. The summed E-state index contributed by atoms with van der Waals surface area (Å²) in [5, 5.41) is 10.7. The van der Waals surface area contributed by atoms with Gasteiger partial charge >= 0.3 is 0 Å². The monoisotopic (exact) mass is 280 g/mol. The number of pyridine rings is 2. The third-order valence-corrected chi connectivity index (χ3v) is 3.29. The molecule has 0 spiro atoms. The zero-order valence-corrected chi connectivity index (χ0v) is 11.7. The third kappa shape index (κ3) is 3.01. The van der Waals surface area contributed by atoms with Gasteiger partial charge in [-0.2, -0.15) is 0 Å². The van der Waals surface area contributed by atoms with E-state index < -0.39 is 6.10 Å². The number of aliphatic hydroxyl groups is 1. The Hall–Kier alpha value is -2.46. The van der Waals surface area contributed by atoms with E-state index in [4.69, 9.17) is 4.74 Å². The predicted molar refractivity (Wildman–Crippen MR) is 81.3 cm³/mol. The summed E-state index contributed by atoms with van der Waals surface area (Å²) in [6, 6.07) is 13.4. The molecule has 0 unspecified atom stereocenters. The second-order valence-corrected chi connectivity index (χ2v) is 4.81. The molecule has 21 heavy (non-hydrogen) atoms. The van der Waals surface area contributed by atoms with Crippen molar-refractivity contribution in [3.63, 3.8) is 0 Å². The summed E-state index contributed by atoms with van der Waals surface area (Å²) in [4.78, 5) is 8.56. The Labute approximate surface area is 123 Å². The molecular formula is C17H16N2O2. The maximum atomic E-state index is 9.71. The van der Waals surface area contributed by atoms with Crippen molar-refractivity contribution < 1.29 is 9.84 Å². The molecule has 1 N–H and O–H groups in total. The Morgan fingerprint density at radius 2 is 1.86 bits per heavy atom. The van der Waals surface area contributed by atoms with E-state index in [-0.39, 0.29) is 0 Å². The summed E-state index contributed by atoms with van der Waals surface area (Å²) in [5.74, 6) is 1.29. The van der Waals surface area contributed by atoms with Gasteiger partial charge in [-0.1, -0.05) is 25.1 Å². The van der Waals surface area contributed by atoms with E-state index in [1.54, 1.807) is 24.5 Å². The van der Waals surface area contributed by atoms with E-state index in [9.17, 15) is 5.11 Å². The van der Waals surface area contributed by atoms with Crippen LogP contribution in [0.1, 0.15) is 25.1 Å². The SMILES string of the molecule is CC[C@@H](O)c1ccc(Oc2cnc3ccccc3c2)cn1. The minimum atomic E-state index is -0.526. The molecule has 3 rings (SSSR count). The van der Waals surface area contributed by atoms with Gasteiger partial charge in [-0.15, -0.1) is 0 Å². The van der Waals surface area contributed by atoms with Crippen LogP contribution < -0.4 is 4.74 Å². The van der Waals surface area contributed by atoms with Crippen LogP contribution in [0.5, 0.6) is 11.5 Å². The molecule has 0 aliphatic carbocycles. The number of benzene rings is 1. The van der Waals surface area contributed by atoms with Crippen LogP contribution in [0.4, 0.5) is 0 Å². The van der Waals surface area contributed by atoms with Gasteiger partial charge in [0.15, 0.2) is 0 Å². The minimum Gasteiger partial charge on any atom is -0.454 e. The van der Waals surface area contributed by atoms with Crippen LogP contribution in [0, 0.1) is 0 Å². The number of hydrogen-bond donors (Lipinski definition) is 1. The molecule has 2 aromatic heterocycles. The van der Waals surface area contributed by atoms with Crippen LogP contribution >= 0.6 is 0 Å². The van der Waals surface area contributed by atoms with Crippen LogP contribution in [0.25, 0.3) is 10.9 Å². The quantitative estimate of drug-likeness (QED) is 0.788. The maximum Gasteiger partial charge on any atom is 0.146 e. The number of fused-ring (bicyclic) bond motifs is 1. The smallest absolute Gasteiger partial charge is 0.146 e. The lowest BCUT2D eigenvalue weighted by Crippen LogP contribution is -1.98. The fraction of sp³-hybridized carbons (Fsp3) is 0.176. The van der Waals surface area contributed by atoms with Gasteiger partial charge in [0.05, 0.1) is 29.7 Å². The summed E-state index contributed by atoms with van der Waals surface area (Å²) < 4.78 is 5.75. The Balaban J connectivity index is 1.81. The summed E-state index contributed by atoms with van der Waals surface area (Å²) in [5.41, 5.74) is 1.59. The fourth-order valence-corrected chi connectivity index (χ4v) is 2.10. The summed E-state index contributed by atoms with van der Waals surface area (Å²) in [7, 11) is 0. The van der Waals surface area contributed by atoms with Gasteiger partial charge in [-0.3, -0.25) is 9.97 Å². The summed E-state index contributed by atoms with van der Waals surface area (Å²) in [6.45, 7) is 1.91. The molecule has 3 aromatic rings. The molecule has 0 bridgehead atoms. The van der Waals surface area contributed by atoms with Crippen molar-refractivity contribution in [2.75, 3.05) is 0 Å².